The highest BCUT2D eigenvalue weighted by Crippen LogP contribution is 2.26. The molecule has 25 heavy (non-hydrogen) atoms. The highest BCUT2D eigenvalue weighted by molar-refractivity contribution is 5.39. The molecule has 0 aliphatic carbocycles. The Labute approximate surface area is 149 Å². The average molecular weight is 344 g/mol. The van der Waals surface area contributed by atoms with Gasteiger partial charge in [-0.1, -0.05) is 18.6 Å². The van der Waals surface area contributed by atoms with E-state index in [1.54, 1.807) is 7.11 Å². The van der Waals surface area contributed by atoms with Crippen molar-refractivity contribution in [3.8, 4) is 11.5 Å². The maximum atomic E-state index is 5.86. The topological polar surface area (TPSA) is 52.4 Å². The van der Waals surface area contributed by atoms with Gasteiger partial charge in [-0.25, -0.2) is 9.67 Å². The van der Waals surface area contributed by atoms with E-state index in [0.29, 0.717) is 18.4 Å². The van der Waals surface area contributed by atoms with E-state index >= 15 is 0 Å². The number of hydrogen-bond acceptors (Lipinski definition) is 5. The lowest BCUT2D eigenvalue weighted by Gasteiger charge is -2.32. The Kier molecular flexibility index (Phi) is 5.91. The summed E-state index contributed by atoms with van der Waals surface area (Å²) in [5.41, 5.74) is 0. The molecule has 1 atom stereocenters. The fourth-order valence-electron chi connectivity index (χ4n) is 3.38. The summed E-state index contributed by atoms with van der Waals surface area (Å²) in [4.78, 5) is 7.19. The molecule has 1 aromatic carbocycles. The van der Waals surface area contributed by atoms with Gasteiger partial charge in [-0.15, -0.1) is 0 Å². The Hall–Kier alpha value is -2.08. The maximum Gasteiger partial charge on any atom is 0.188 e. The van der Waals surface area contributed by atoms with Gasteiger partial charge >= 0.3 is 0 Å². The first kappa shape index (κ1) is 17.7. The van der Waals surface area contributed by atoms with Crippen LogP contribution < -0.4 is 9.47 Å². The fourth-order valence-corrected chi connectivity index (χ4v) is 3.38. The van der Waals surface area contributed by atoms with Crippen molar-refractivity contribution >= 4 is 0 Å². The lowest BCUT2D eigenvalue weighted by atomic mass is 10.00. The van der Waals surface area contributed by atoms with Gasteiger partial charge in [0, 0.05) is 19.0 Å². The van der Waals surface area contributed by atoms with Crippen LogP contribution in [0.3, 0.4) is 0 Å². The lowest BCUT2D eigenvalue weighted by molar-refractivity contribution is 0.181. The van der Waals surface area contributed by atoms with Gasteiger partial charge in [0.15, 0.2) is 17.3 Å². The second kappa shape index (κ2) is 8.34. The van der Waals surface area contributed by atoms with E-state index in [1.165, 1.54) is 25.8 Å². The first-order valence-corrected chi connectivity index (χ1v) is 9.10. The molecule has 136 valence electrons. The minimum absolute atomic E-state index is 0.348. The molecule has 0 N–H and O–H groups in total. The van der Waals surface area contributed by atoms with Crippen LogP contribution in [0.1, 0.15) is 37.8 Å². The summed E-state index contributed by atoms with van der Waals surface area (Å²) in [6, 6.07) is 8.20. The van der Waals surface area contributed by atoms with E-state index in [2.05, 4.69) is 24.0 Å². The average Bonchev–Trinajstić information content (AvgIpc) is 3.04. The van der Waals surface area contributed by atoms with Gasteiger partial charge in [-0.2, -0.15) is 5.10 Å². The van der Waals surface area contributed by atoms with Crippen molar-refractivity contribution in [2.24, 2.45) is 0 Å². The van der Waals surface area contributed by atoms with E-state index < -0.39 is 0 Å². The summed E-state index contributed by atoms with van der Waals surface area (Å²) in [5.74, 6) is 3.22. The van der Waals surface area contributed by atoms with E-state index in [-0.39, 0.29) is 0 Å². The first-order valence-electron chi connectivity index (χ1n) is 9.10. The molecule has 0 radical (unpaired) electrons. The van der Waals surface area contributed by atoms with Crippen molar-refractivity contribution in [1.82, 2.24) is 19.7 Å². The second-order valence-corrected chi connectivity index (χ2v) is 6.53. The Bertz CT molecular complexity index is 686. The number of aryl methyl sites for hydroxylation is 1. The molecule has 1 aliphatic rings. The number of hydrogen-bond donors (Lipinski definition) is 0. The molecule has 1 fully saturated rings. The van der Waals surface area contributed by atoms with E-state index in [4.69, 9.17) is 14.5 Å². The molecule has 0 spiro atoms. The zero-order valence-corrected chi connectivity index (χ0v) is 15.4. The molecule has 0 amide bonds. The number of methoxy groups -OCH3 is 1. The number of likely N-dealkylation sites (N-methyl/N-ethyl adjacent to an activating group) is 1. The summed E-state index contributed by atoms with van der Waals surface area (Å²) in [6.07, 6.45) is 4.79. The monoisotopic (exact) mass is 344 g/mol. The van der Waals surface area contributed by atoms with Crippen LogP contribution in [-0.2, 0) is 19.6 Å². The number of aromatic nitrogens is 3. The molecule has 0 bridgehead atoms. The predicted octanol–water partition coefficient (Wildman–Crippen LogP) is 2.91. The van der Waals surface area contributed by atoms with Crippen molar-refractivity contribution < 1.29 is 9.47 Å². The van der Waals surface area contributed by atoms with Gasteiger partial charge in [0.25, 0.3) is 0 Å². The van der Waals surface area contributed by atoms with Crippen LogP contribution in [-0.4, -0.2) is 46.4 Å². The van der Waals surface area contributed by atoms with E-state index in [0.717, 1.165) is 30.4 Å². The Morgan fingerprint density at radius 3 is 2.72 bits per heavy atom. The van der Waals surface area contributed by atoms with E-state index in [1.807, 2.05) is 28.9 Å². The van der Waals surface area contributed by atoms with Crippen LogP contribution in [0.2, 0.25) is 0 Å². The highest BCUT2D eigenvalue weighted by atomic mass is 16.5. The summed E-state index contributed by atoms with van der Waals surface area (Å²) >= 11 is 0. The molecule has 6 heteroatoms. The second-order valence-electron chi connectivity index (χ2n) is 6.53. The molecular formula is C19H28N4O2. The van der Waals surface area contributed by atoms with Crippen LogP contribution in [0.25, 0.3) is 0 Å². The molecule has 6 nitrogen and oxygen atoms in total. The number of ether oxygens (including phenoxy) is 2. The number of rotatable bonds is 7. The van der Waals surface area contributed by atoms with Crippen molar-refractivity contribution in [2.75, 3.05) is 20.7 Å². The molecule has 1 aromatic heterocycles. The van der Waals surface area contributed by atoms with Crippen LogP contribution in [0.4, 0.5) is 0 Å². The minimum atomic E-state index is 0.348. The largest absolute Gasteiger partial charge is 0.493 e. The van der Waals surface area contributed by atoms with Crippen molar-refractivity contribution in [3.63, 3.8) is 0 Å². The predicted molar refractivity (Wildman–Crippen MR) is 97.0 cm³/mol. The van der Waals surface area contributed by atoms with Gasteiger partial charge in [0.2, 0.25) is 0 Å². The third-order valence-corrected chi connectivity index (χ3v) is 4.86. The fraction of sp³-hybridized carbons (Fsp3) is 0.579. The zero-order valence-electron chi connectivity index (χ0n) is 15.4. The van der Waals surface area contributed by atoms with Gasteiger partial charge < -0.3 is 14.4 Å². The van der Waals surface area contributed by atoms with Gasteiger partial charge in [0.1, 0.15) is 12.4 Å². The van der Waals surface area contributed by atoms with Crippen molar-refractivity contribution in [2.45, 2.75) is 51.8 Å². The summed E-state index contributed by atoms with van der Waals surface area (Å²) in [5, 5.41) is 4.61. The minimum Gasteiger partial charge on any atom is -0.493 e. The number of nitrogens with zero attached hydrogens (tertiary/aromatic N) is 4. The summed E-state index contributed by atoms with van der Waals surface area (Å²) in [6.45, 7) is 4.45. The summed E-state index contributed by atoms with van der Waals surface area (Å²) in [7, 11) is 3.85. The smallest absolute Gasteiger partial charge is 0.188 e. The first-order chi connectivity index (χ1) is 12.2. The van der Waals surface area contributed by atoms with Crippen molar-refractivity contribution in [1.29, 1.82) is 0 Å². The van der Waals surface area contributed by atoms with E-state index in [9.17, 15) is 0 Å². The Morgan fingerprint density at radius 2 is 2.00 bits per heavy atom. The van der Waals surface area contributed by atoms with Crippen LogP contribution in [0, 0.1) is 0 Å². The number of piperidine rings is 1. The van der Waals surface area contributed by atoms with Crippen molar-refractivity contribution in [3.05, 3.63) is 35.9 Å². The number of benzene rings is 1. The van der Waals surface area contributed by atoms with Gasteiger partial charge in [0.05, 0.1) is 7.11 Å². The van der Waals surface area contributed by atoms with Gasteiger partial charge in [-0.3, -0.25) is 0 Å². The molecule has 2 heterocycles. The molecule has 0 saturated carbocycles. The molecule has 1 saturated heterocycles. The molecule has 3 rings (SSSR count). The van der Waals surface area contributed by atoms with Crippen LogP contribution in [0.15, 0.2) is 24.3 Å². The van der Waals surface area contributed by atoms with Crippen LogP contribution >= 0.6 is 0 Å². The maximum absolute atomic E-state index is 5.86. The quantitative estimate of drug-likeness (QED) is 0.773. The third-order valence-electron chi connectivity index (χ3n) is 4.86. The third kappa shape index (κ3) is 4.31. The number of para-hydroxylation sites is 2. The molecular weight excluding hydrogens is 316 g/mol. The van der Waals surface area contributed by atoms with Gasteiger partial charge in [-0.05, 0) is 45.5 Å². The normalized spacial score (nSPS) is 18.3. The standard InChI is InChI=1S/C19H28N4O2/c1-4-23-19(13-15-9-7-8-12-22(15)2)20-18(21-23)14-25-17-11-6-5-10-16(17)24-3/h5-6,10-11,15H,4,7-9,12-14H2,1-3H3. The SMILES string of the molecule is CCn1nc(COc2ccccc2OC)nc1CC1CCCCN1C. The highest BCUT2D eigenvalue weighted by Gasteiger charge is 2.22. The van der Waals surface area contributed by atoms with Crippen LogP contribution in [0.5, 0.6) is 11.5 Å². The number of likely N-dealkylation sites (tertiary alicyclic amines) is 1. The molecule has 1 unspecified atom stereocenters. The molecule has 1 aliphatic heterocycles. The summed E-state index contributed by atoms with van der Waals surface area (Å²) < 4.78 is 13.2. The Morgan fingerprint density at radius 1 is 1.20 bits per heavy atom. The lowest BCUT2D eigenvalue weighted by Crippen LogP contribution is -2.38. The zero-order chi connectivity index (χ0) is 17.6. The molecule has 2 aromatic rings. The Balaban J connectivity index is 1.67.